The number of hydrogen-bond acceptors (Lipinski definition) is 2. The molecule has 2 atom stereocenters. The van der Waals surface area contributed by atoms with Crippen molar-refractivity contribution in [3.8, 4) is 0 Å². The largest absolute Gasteiger partial charge is 0.476 e. The van der Waals surface area contributed by atoms with E-state index in [9.17, 15) is 15.0 Å². The van der Waals surface area contributed by atoms with Crippen molar-refractivity contribution in [1.82, 2.24) is 0 Å². The minimum atomic E-state index is -1.15. The van der Waals surface area contributed by atoms with Gasteiger partial charge >= 0.3 is 5.97 Å². The topological polar surface area (TPSA) is 61.4 Å². The zero-order valence-corrected chi connectivity index (χ0v) is 10.7. The van der Waals surface area contributed by atoms with Gasteiger partial charge < -0.3 is 10.2 Å². The van der Waals surface area contributed by atoms with Crippen LogP contribution >= 0.6 is 11.6 Å². The van der Waals surface area contributed by atoms with Gasteiger partial charge in [-0.15, -0.1) is 0 Å². The smallest absolute Gasteiger partial charge is 0.376 e. The highest BCUT2D eigenvalue weighted by Crippen LogP contribution is 2.23. The molecule has 19 heavy (non-hydrogen) atoms. The van der Waals surface area contributed by atoms with Crippen LogP contribution in [0.4, 0.5) is 0 Å². The summed E-state index contributed by atoms with van der Waals surface area (Å²) in [6.07, 6.45) is 2.07. The number of halogens is 1. The number of pyridine rings is 1. The van der Waals surface area contributed by atoms with Crippen LogP contribution < -0.4 is 4.57 Å². The average Bonchev–Trinajstić information content (AvgIpc) is 2.40. The highest BCUT2D eigenvalue weighted by atomic mass is 35.5. The maximum atomic E-state index is 11.4. The van der Waals surface area contributed by atoms with E-state index in [-0.39, 0.29) is 0 Å². The summed E-state index contributed by atoms with van der Waals surface area (Å²) in [5, 5.41) is 20.1. The van der Waals surface area contributed by atoms with Crippen molar-refractivity contribution in [3.05, 3.63) is 65.4 Å². The molecule has 2 unspecified atom stereocenters. The van der Waals surface area contributed by atoms with Gasteiger partial charge in [0.25, 0.3) is 6.04 Å². The first kappa shape index (κ1) is 13.5. The maximum Gasteiger partial charge on any atom is 0.376 e. The predicted molar refractivity (Wildman–Crippen MR) is 69.7 cm³/mol. The van der Waals surface area contributed by atoms with E-state index in [4.69, 9.17) is 11.6 Å². The molecule has 98 valence electrons. The molecule has 0 saturated heterocycles. The number of aromatic nitrogens is 1. The fourth-order valence-corrected chi connectivity index (χ4v) is 1.99. The van der Waals surface area contributed by atoms with E-state index in [1.165, 1.54) is 4.57 Å². The molecule has 0 radical (unpaired) electrons. The van der Waals surface area contributed by atoms with Crippen molar-refractivity contribution in [2.24, 2.45) is 0 Å². The second-order valence-electron chi connectivity index (χ2n) is 4.10. The Kier molecular flexibility index (Phi) is 4.14. The van der Waals surface area contributed by atoms with Gasteiger partial charge in [0, 0.05) is 17.2 Å². The van der Waals surface area contributed by atoms with Crippen molar-refractivity contribution in [3.63, 3.8) is 0 Å². The van der Waals surface area contributed by atoms with E-state index in [1.54, 1.807) is 54.9 Å². The molecule has 0 aliphatic rings. The summed E-state index contributed by atoms with van der Waals surface area (Å²) in [5.41, 5.74) is 0.508. The fraction of sp³-hybridized carbons (Fsp3) is 0.143. The van der Waals surface area contributed by atoms with Crippen LogP contribution in [0.25, 0.3) is 0 Å². The first-order valence-electron chi connectivity index (χ1n) is 5.71. The van der Waals surface area contributed by atoms with Gasteiger partial charge in [0.15, 0.2) is 18.5 Å². The van der Waals surface area contributed by atoms with Gasteiger partial charge in [0.2, 0.25) is 0 Å². The van der Waals surface area contributed by atoms with Crippen molar-refractivity contribution in [2.75, 3.05) is 0 Å². The van der Waals surface area contributed by atoms with Gasteiger partial charge in [0.05, 0.1) is 0 Å². The normalized spacial score (nSPS) is 13.8. The molecule has 4 nitrogen and oxygen atoms in total. The minimum absolute atomic E-state index is 0.508. The molecule has 1 aromatic heterocycles. The van der Waals surface area contributed by atoms with Gasteiger partial charge in [-0.2, -0.15) is 4.57 Å². The lowest BCUT2D eigenvalue weighted by Crippen LogP contribution is -2.46. The average molecular weight is 279 g/mol. The summed E-state index contributed by atoms with van der Waals surface area (Å²) in [5.74, 6) is -1.10. The van der Waals surface area contributed by atoms with E-state index >= 15 is 0 Å². The molecule has 0 spiro atoms. The summed E-state index contributed by atoms with van der Waals surface area (Å²) in [4.78, 5) is 11.4. The molecule has 0 amide bonds. The van der Waals surface area contributed by atoms with Crippen molar-refractivity contribution in [2.45, 2.75) is 12.1 Å². The molecule has 2 aromatic rings. The van der Waals surface area contributed by atoms with Crippen LogP contribution in [0.15, 0.2) is 54.9 Å². The summed E-state index contributed by atoms with van der Waals surface area (Å²) in [6, 6.07) is 10.6. The Labute approximate surface area is 115 Å². The van der Waals surface area contributed by atoms with Crippen LogP contribution in [0.2, 0.25) is 5.02 Å². The zero-order chi connectivity index (χ0) is 13.8. The molecule has 1 heterocycles. The fourth-order valence-electron chi connectivity index (χ4n) is 1.87. The maximum absolute atomic E-state index is 11.4. The lowest BCUT2D eigenvalue weighted by atomic mass is 10.0. The number of benzene rings is 1. The third-order valence-corrected chi connectivity index (χ3v) is 3.08. The standard InChI is InChI=1S/C14H12ClNO3/c15-11-6-4-10(5-7-11)13(17)12(14(18)19)16-8-2-1-3-9-16/h1-9,12-13,17H/p+1. The lowest BCUT2D eigenvalue weighted by molar-refractivity contribution is -0.719. The molecule has 0 bridgehead atoms. The van der Waals surface area contributed by atoms with Crippen molar-refractivity contribution >= 4 is 17.6 Å². The second-order valence-corrected chi connectivity index (χ2v) is 4.54. The predicted octanol–water partition coefficient (Wildman–Crippen LogP) is 1.99. The van der Waals surface area contributed by atoms with Crippen LogP contribution in [-0.2, 0) is 4.79 Å². The molecule has 0 aliphatic heterocycles. The Bertz CT molecular complexity index is 557. The van der Waals surface area contributed by atoms with Crippen LogP contribution in [0, 0.1) is 0 Å². The molecule has 5 heteroatoms. The summed E-state index contributed by atoms with van der Waals surface area (Å²) in [7, 11) is 0. The number of rotatable bonds is 4. The second kappa shape index (κ2) is 5.82. The van der Waals surface area contributed by atoms with Crippen LogP contribution in [0.3, 0.4) is 0 Å². The number of hydrogen-bond donors (Lipinski definition) is 2. The molecule has 1 aromatic carbocycles. The molecule has 2 rings (SSSR count). The van der Waals surface area contributed by atoms with Crippen molar-refractivity contribution < 1.29 is 19.6 Å². The lowest BCUT2D eigenvalue weighted by Gasteiger charge is -2.15. The molecule has 0 aliphatic carbocycles. The Morgan fingerprint density at radius 3 is 2.21 bits per heavy atom. The van der Waals surface area contributed by atoms with E-state index in [1.807, 2.05) is 0 Å². The van der Waals surface area contributed by atoms with Gasteiger partial charge in [-0.05, 0) is 17.7 Å². The van der Waals surface area contributed by atoms with E-state index in [0.29, 0.717) is 10.6 Å². The van der Waals surface area contributed by atoms with Crippen molar-refractivity contribution in [1.29, 1.82) is 0 Å². The highest BCUT2D eigenvalue weighted by molar-refractivity contribution is 6.30. The van der Waals surface area contributed by atoms with Crippen LogP contribution in [-0.4, -0.2) is 16.2 Å². The molecule has 2 N–H and O–H groups in total. The Hall–Kier alpha value is -1.91. The van der Waals surface area contributed by atoms with Gasteiger partial charge in [-0.3, -0.25) is 0 Å². The molecular weight excluding hydrogens is 266 g/mol. The van der Waals surface area contributed by atoms with Gasteiger partial charge in [-0.25, -0.2) is 4.79 Å². The van der Waals surface area contributed by atoms with Crippen LogP contribution in [0.5, 0.6) is 0 Å². The monoisotopic (exact) mass is 278 g/mol. The number of carboxylic acids is 1. The SMILES string of the molecule is O=C(O)C(C(O)c1ccc(Cl)cc1)[n+]1ccccc1. The Balaban J connectivity index is 2.35. The van der Waals surface area contributed by atoms with Gasteiger partial charge in [0.1, 0.15) is 0 Å². The van der Waals surface area contributed by atoms with E-state index in [2.05, 4.69) is 0 Å². The highest BCUT2D eigenvalue weighted by Gasteiger charge is 2.36. The van der Waals surface area contributed by atoms with Crippen LogP contribution in [0.1, 0.15) is 17.7 Å². The molecule has 0 saturated carbocycles. The first-order valence-corrected chi connectivity index (χ1v) is 6.09. The number of carboxylic acid groups (broad SMARTS) is 1. The number of nitrogens with zero attached hydrogens (tertiary/aromatic N) is 1. The number of aliphatic hydroxyl groups excluding tert-OH is 1. The minimum Gasteiger partial charge on any atom is -0.476 e. The number of aliphatic hydroxyl groups is 1. The molecular formula is C14H13ClNO3+. The van der Waals surface area contributed by atoms with Gasteiger partial charge in [-0.1, -0.05) is 29.8 Å². The number of carbonyl (C=O) groups is 1. The quantitative estimate of drug-likeness (QED) is 0.841. The molecule has 0 fully saturated rings. The number of aliphatic carboxylic acids is 1. The van der Waals surface area contributed by atoms with E-state index < -0.39 is 18.1 Å². The Morgan fingerprint density at radius 2 is 1.68 bits per heavy atom. The summed E-state index contributed by atoms with van der Waals surface area (Å²) >= 11 is 5.77. The Morgan fingerprint density at radius 1 is 1.11 bits per heavy atom. The third-order valence-electron chi connectivity index (χ3n) is 2.82. The van der Waals surface area contributed by atoms with E-state index in [0.717, 1.165) is 0 Å². The zero-order valence-electron chi connectivity index (χ0n) is 9.98. The summed E-state index contributed by atoms with van der Waals surface area (Å²) in [6.45, 7) is 0. The summed E-state index contributed by atoms with van der Waals surface area (Å²) < 4.78 is 1.46. The first-order chi connectivity index (χ1) is 9.09. The third kappa shape index (κ3) is 3.10.